The van der Waals surface area contributed by atoms with E-state index in [-0.39, 0.29) is 12.0 Å². The predicted molar refractivity (Wildman–Crippen MR) is 117 cm³/mol. The number of ether oxygens (including phenoxy) is 4. The van der Waals surface area contributed by atoms with E-state index >= 15 is 0 Å². The third-order valence-corrected chi connectivity index (χ3v) is 4.64. The van der Waals surface area contributed by atoms with Crippen LogP contribution in [0.25, 0.3) is 6.08 Å². The van der Waals surface area contributed by atoms with Crippen molar-refractivity contribution < 1.29 is 23.7 Å². The van der Waals surface area contributed by atoms with Crippen LogP contribution < -0.4 is 19.5 Å². The monoisotopic (exact) mass is 411 g/mol. The molecule has 6 heteroatoms. The largest absolute Gasteiger partial charge is 0.493 e. The first-order chi connectivity index (χ1) is 14.7. The van der Waals surface area contributed by atoms with Crippen molar-refractivity contribution in [2.45, 2.75) is 32.3 Å². The number of benzene rings is 2. The van der Waals surface area contributed by atoms with Gasteiger partial charge in [-0.3, -0.25) is 4.79 Å². The molecule has 6 nitrogen and oxygen atoms in total. The Morgan fingerprint density at radius 1 is 1.20 bits per heavy atom. The van der Waals surface area contributed by atoms with E-state index in [1.165, 1.54) is 6.08 Å². The molecule has 1 fully saturated rings. The lowest BCUT2D eigenvalue weighted by atomic mass is 10.2. The fourth-order valence-electron chi connectivity index (χ4n) is 3.10. The van der Waals surface area contributed by atoms with Gasteiger partial charge in [0.15, 0.2) is 11.5 Å². The first kappa shape index (κ1) is 21.7. The minimum absolute atomic E-state index is 0.155. The molecule has 1 aliphatic rings. The summed E-state index contributed by atoms with van der Waals surface area (Å²) in [6.45, 7) is 4.01. The van der Waals surface area contributed by atoms with Crippen molar-refractivity contribution in [3.05, 3.63) is 54.1 Å². The van der Waals surface area contributed by atoms with Gasteiger partial charge >= 0.3 is 0 Å². The Balaban J connectivity index is 1.55. The van der Waals surface area contributed by atoms with Crippen LogP contribution in [0, 0.1) is 0 Å². The van der Waals surface area contributed by atoms with E-state index in [0.29, 0.717) is 36.1 Å². The lowest BCUT2D eigenvalue weighted by molar-refractivity contribution is -0.111. The maximum atomic E-state index is 12.3. The van der Waals surface area contributed by atoms with Gasteiger partial charge < -0.3 is 24.3 Å². The number of methoxy groups -OCH3 is 1. The Labute approximate surface area is 177 Å². The van der Waals surface area contributed by atoms with Gasteiger partial charge in [0.05, 0.1) is 19.8 Å². The molecule has 0 aromatic heterocycles. The molecule has 0 bridgehead atoms. The van der Waals surface area contributed by atoms with Crippen molar-refractivity contribution in [2.24, 2.45) is 0 Å². The van der Waals surface area contributed by atoms with Crippen molar-refractivity contribution in [3.8, 4) is 17.2 Å². The van der Waals surface area contributed by atoms with Crippen LogP contribution in [-0.4, -0.2) is 38.9 Å². The second kappa shape index (κ2) is 11.3. The summed E-state index contributed by atoms with van der Waals surface area (Å²) in [6, 6.07) is 12.9. The van der Waals surface area contributed by atoms with Crippen LogP contribution in [0.1, 0.15) is 31.7 Å². The van der Waals surface area contributed by atoms with Crippen LogP contribution in [0.5, 0.6) is 17.2 Å². The van der Waals surface area contributed by atoms with Gasteiger partial charge in [-0.2, -0.15) is 0 Å². The zero-order chi connectivity index (χ0) is 21.2. The van der Waals surface area contributed by atoms with Gasteiger partial charge in [0.25, 0.3) is 0 Å². The van der Waals surface area contributed by atoms with Crippen molar-refractivity contribution in [2.75, 3.05) is 32.2 Å². The van der Waals surface area contributed by atoms with E-state index in [0.717, 1.165) is 31.4 Å². The molecule has 1 aliphatic heterocycles. The van der Waals surface area contributed by atoms with E-state index in [2.05, 4.69) is 5.32 Å². The molecular formula is C24H29NO5. The van der Waals surface area contributed by atoms with E-state index in [9.17, 15) is 4.79 Å². The standard InChI is InChI=1S/C24H29NO5/c1-3-13-29-22-11-9-18(15-23(22)27-2)10-12-24(26)25-19-6-4-7-20(16-19)30-17-21-8-5-14-28-21/h4,6-7,9-12,15-16,21H,3,5,8,13-14,17H2,1-2H3,(H,25,26)/b12-10+. The Bertz CT molecular complexity index is 858. The van der Waals surface area contributed by atoms with Crippen molar-refractivity contribution in [1.82, 2.24) is 0 Å². The summed E-state index contributed by atoms with van der Waals surface area (Å²) >= 11 is 0. The van der Waals surface area contributed by atoms with E-state index < -0.39 is 0 Å². The fourth-order valence-corrected chi connectivity index (χ4v) is 3.10. The maximum absolute atomic E-state index is 12.3. The molecule has 1 amide bonds. The molecule has 160 valence electrons. The van der Waals surface area contributed by atoms with Gasteiger partial charge in [-0.15, -0.1) is 0 Å². The number of hydrogen-bond donors (Lipinski definition) is 1. The number of rotatable bonds is 10. The van der Waals surface area contributed by atoms with Crippen molar-refractivity contribution >= 4 is 17.7 Å². The quantitative estimate of drug-likeness (QED) is 0.575. The molecule has 1 N–H and O–H groups in total. The van der Waals surface area contributed by atoms with Gasteiger partial charge in [0, 0.05) is 24.4 Å². The number of carbonyl (C=O) groups is 1. The van der Waals surface area contributed by atoms with Gasteiger partial charge in [0.2, 0.25) is 5.91 Å². The second-order valence-electron chi connectivity index (χ2n) is 7.06. The molecule has 0 aliphatic carbocycles. The zero-order valence-electron chi connectivity index (χ0n) is 17.6. The summed E-state index contributed by atoms with van der Waals surface area (Å²) in [6.07, 6.45) is 6.41. The number of carbonyl (C=O) groups excluding carboxylic acids is 1. The molecule has 30 heavy (non-hydrogen) atoms. The molecule has 1 heterocycles. The highest BCUT2D eigenvalue weighted by Gasteiger charge is 2.16. The second-order valence-corrected chi connectivity index (χ2v) is 7.06. The van der Waals surface area contributed by atoms with Crippen LogP contribution in [0.3, 0.4) is 0 Å². The third kappa shape index (κ3) is 6.52. The minimum atomic E-state index is -0.225. The topological polar surface area (TPSA) is 66.0 Å². The van der Waals surface area contributed by atoms with Crippen molar-refractivity contribution in [1.29, 1.82) is 0 Å². The molecule has 1 saturated heterocycles. The Morgan fingerprint density at radius 2 is 2.10 bits per heavy atom. The van der Waals surface area contributed by atoms with Crippen LogP contribution in [0.15, 0.2) is 48.5 Å². The Kier molecular flexibility index (Phi) is 8.15. The molecule has 2 aromatic rings. The smallest absolute Gasteiger partial charge is 0.248 e. The summed E-state index contributed by atoms with van der Waals surface area (Å²) in [5, 5.41) is 2.86. The van der Waals surface area contributed by atoms with Gasteiger partial charge in [-0.25, -0.2) is 0 Å². The lowest BCUT2D eigenvalue weighted by Crippen LogP contribution is -2.16. The normalized spacial score (nSPS) is 15.9. The first-order valence-electron chi connectivity index (χ1n) is 10.3. The average Bonchev–Trinajstić information content (AvgIpc) is 3.29. The van der Waals surface area contributed by atoms with E-state index in [1.54, 1.807) is 13.2 Å². The van der Waals surface area contributed by atoms with Crippen LogP contribution in [0.2, 0.25) is 0 Å². The predicted octanol–water partition coefficient (Wildman–Crippen LogP) is 4.69. The lowest BCUT2D eigenvalue weighted by Gasteiger charge is -2.12. The van der Waals surface area contributed by atoms with Crippen LogP contribution >= 0.6 is 0 Å². The summed E-state index contributed by atoms with van der Waals surface area (Å²) in [5.74, 6) is 1.82. The first-order valence-corrected chi connectivity index (χ1v) is 10.3. The number of anilines is 1. The van der Waals surface area contributed by atoms with Gasteiger partial charge in [-0.1, -0.05) is 19.1 Å². The van der Waals surface area contributed by atoms with Gasteiger partial charge in [-0.05, 0) is 55.2 Å². The molecule has 0 radical (unpaired) electrons. The molecule has 0 spiro atoms. The number of hydrogen-bond acceptors (Lipinski definition) is 5. The van der Waals surface area contributed by atoms with E-state index in [1.807, 2.05) is 49.4 Å². The van der Waals surface area contributed by atoms with Crippen molar-refractivity contribution in [3.63, 3.8) is 0 Å². The Morgan fingerprint density at radius 3 is 2.87 bits per heavy atom. The zero-order valence-corrected chi connectivity index (χ0v) is 17.6. The highest BCUT2D eigenvalue weighted by atomic mass is 16.5. The summed E-state index contributed by atoms with van der Waals surface area (Å²) < 4.78 is 22.4. The molecule has 2 aromatic carbocycles. The average molecular weight is 411 g/mol. The Hall–Kier alpha value is -2.99. The highest BCUT2D eigenvalue weighted by Crippen LogP contribution is 2.28. The molecular weight excluding hydrogens is 382 g/mol. The summed E-state index contributed by atoms with van der Waals surface area (Å²) in [4.78, 5) is 12.3. The molecule has 0 saturated carbocycles. The van der Waals surface area contributed by atoms with Crippen LogP contribution in [0.4, 0.5) is 5.69 Å². The SMILES string of the molecule is CCCOc1ccc(/C=C/C(=O)Nc2cccc(OCC3CCCO3)c2)cc1OC. The third-order valence-electron chi connectivity index (χ3n) is 4.64. The molecule has 1 atom stereocenters. The highest BCUT2D eigenvalue weighted by molar-refractivity contribution is 6.02. The summed E-state index contributed by atoms with van der Waals surface area (Å²) in [7, 11) is 1.60. The maximum Gasteiger partial charge on any atom is 0.248 e. The number of nitrogens with one attached hydrogen (secondary N) is 1. The molecule has 1 unspecified atom stereocenters. The van der Waals surface area contributed by atoms with E-state index in [4.69, 9.17) is 18.9 Å². The van der Waals surface area contributed by atoms with Gasteiger partial charge in [0.1, 0.15) is 12.4 Å². The molecule has 3 rings (SSSR count). The van der Waals surface area contributed by atoms with Crippen LogP contribution in [-0.2, 0) is 9.53 Å². The fraction of sp³-hybridized carbons (Fsp3) is 0.375. The summed E-state index contributed by atoms with van der Waals surface area (Å²) in [5.41, 5.74) is 1.52. The number of amides is 1. The minimum Gasteiger partial charge on any atom is -0.493 e.